The van der Waals surface area contributed by atoms with E-state index in [9.17, 15) is 13.6 Å². The average molecular weight is 355 g/mol. The summed E-state index contributed by atoms with van der Waals surface area (Å²) in [6.45, 7) is 1.56. The highest BCUT2D eigenvalue weighted by Gasteiger charge is 2.44. The topological polar surface area (TPSA) is 63.7 Å². The monoisotopic (exact) mass is 355 g/mol. The molecule has 2 aliphatic heterocycles. The number of nitrogens with one attached hydrogen (secondary N) is 1. The summed E-state index contributed by atoms with van der Waals surface area (Å²) < 4.78 is 35.1. The SMILES string of the molecule is O=C(NCc1cccnc1OCC(F)F)N1CCCC12CCOCC2. The molecule has 2 amide bonds. The van der Waals surface area contributed by atoms with Crippen LogP contribution in [0.25, 0.3) is 0 Å². The molecule has 8 heteroatoms. The third-order valence-electron chi connectivity index (χ3n) is 4.89. The first-order valence-electron chi connectivity index (χ1n) is 8.59. The molecule has 0 aromatic carbocycles. The van der Waals surface area contributed by atoms with E-state index in [0.717, 1.165) is 32.2 Å². The van der Waals surface area contributed by atoms with Crippen molar-refractivity contribution in [3.63, 3.8) is 0 Å². The van der Waals surface area contributed by atoms with Crippen LogP contribution in [0.1, 0.15) is 31.2 Å². The molecule has 0 aliphatic carbocycles. The first-order chi connectivity index (χ1) is 12.1. The van der Waals surface area contributed by atoms with Gasteiger partial charge in [0.1, 0.15) is 0 Å². The van der Waals surface area contributed by atoms with Crippen LogP contribution in [0.2, 0.25) is 0 Å². The van der Waals surface area contributed by atoms with Crippen LogP contribution in [0.4, 0.5) is 13.6 Å². The van der Waals surface area contributed by atoms with E-state index in [-0.39, 0.29) is 24.0 Å². The molecule has 25 heavy (non-hydrogen) atoms. The van der Waals surface area contributed by atoms with Crippen LogP contribution in [0, 0.1) is 0 Å². The van der Waals surface area contributed by atoms with Crippen molar-refractivity contribution in [1.29, 1.82) is 0 Å². The molecule has 2 aliphatic rings. The number of aromatic nitrogens is 1. The fourth-order valence-electron chi connectivity index (χ4n) is 3.62. The molecule has 0 bridgehead atoms. The Balaban J connectivity index is 1.60. The number of pyridine rings is 1. The number of likely N-dealkylation sites (tertiary alicyclic amines) is 1. The van der Waals surface area contributed by atoms with Gasteiger partial charge in [0.05, 0.1) is 0 Å². The molecule has 138 valence electrons. The fraction of sp³-hybridized carbons (Fsp3) is 0.647. The van der Waals surface area contributed by atoms with Crippen LogP contribution in [0.5, 0.6) is 5.88 Å². The van der Waals surface area contributed by atoms with E-state index in [1.54, 1.807) is 12.1 Å². The number of hydrogen-bond acceptors (Lipinski definition) is 4. The lowest BCUT2D eigenvalue weighted by atomic mass is 9.87. The lowest BCUT2D eigenvalue weighted by Gasteiger charge is -2.41. The standard InChI is InChI=1S/C17H23F2N3O3/c18-14(19)12-25-15-13(3-1-7-20-15)11-21-16(23)22-8-2-4-17(22)5-9-24-10-6-17/h1,3,7,14H,2,4-6,8-12H2,(H,21,23). The van der Waals surface area contributed by atoms with Crippen molar-refractivity contribution in [3.8, 4) is 5.88 Å². The second-order valence-corrected chi connectivity index (χ2v) is 6.42. The highest BCUT2D eigenvalue weighted by atomic mass is 19.3. The van der Waals surface area contributed by atoms with E-state index in [1.807, 2.05) is 4.90 Å². The summed E-state index contributed by atoms with van der Waals surface area (Å²) in [4.78, 5) is 18.5. The lowest BCUT2D eigenvalue weighted by molar-refractivity contribution is 0.00692. The van der Waals surface area contributed by atoms with E-state index in [2.05, 4.69) is 10.3 Å². The molecule has 1 aromatic rings. The number of ether oxygens (including phenoxy) is 2. The Morgan fingerprint density at radius 1 is 1.40 bits per heavy atom. The minimum Gasteiger partial charge on any atom is -0.471 e. The Kier molecular flexibility index (Phi) is 5.67. The summed E-state index contributed by atoms with van der Waals surface area (Å²) in [7, 11) is 0. The van der Waals surface area contributed by atoms with Crippen LogP contribution in [0.15, 0.2) is 18.3 Å². The summed E-state index contributed by atoms with van der Waals surface area (Å²) in [5.41, 5.74) is 0.475. The number of urea groups is 1. The van der Waals surface area contributed by atoms with E-state index < -0.39 is 13.0 Å². The van der Waals surface area contributed by atoms with Crippen molar-refractivity contribution in [3.05, 3.63) is 23.9 Å². The second-order valence-electron chi connectivity index (χ2n) is 6.42. The van der Waals surface area contributed by atoms with Gasteiger partial charge in [0.15, 0.2) is 6.61 Å². The Morgan fingerprint density at radius 3 is 2.96 bits per heavy atom. The van der Waals surface area contributed by atoms with Crippen molar-refractivity contribution in [2.24, 2.45) is 0 Å². The summed E-state index contributed by atoms with van der Waals surface area (Å²) in [5.74, 6) is 0.130. The Hall–Kier alpha value is -1.96. The Labute approximate surface area is 145 Å². The molecule has 0 unspecified atom stereocenters. The number of hydrogen-bond donors (Lipinski definition) is 1. The molecule has 3 rings (SSSR count). The van der Waals surface area contributed by atoms with Gasteiger partial charge in [-0.1, -0.05) is 6.07 Å². The van der Waals surface area contributed by atoms with Gasteiger partial charge in [-0.05, 0) is 31.7 Å². The number of nitrogens with zero attached hydrogens (tertiary/aromatic N) is 2. The van der Waals surface area contributed by atoms with Gasteiger partial charge in [-0.3, -0.25) is 0 Å². The van der Waals surface area contributed by atoms with E-state index >= 15 is 0 Å². The molecule has 2 saturated heterocycles. The van der Waals surface area contributed by atoms with E-state index in [1.165, 1.54) is 6.20 Å². The van der Waals surface area contributed by atoms with Crippen molar-refractivity contribution in [1.82, 2.24) is 15.2 Å². The molecule has 1 spiro atoms. The third-order valence-corrected chi connectivity index (χ3v) is 4.89. The summed E-state index contributed by atoms with van der Waals surface area (Å²) in [6.07, 6.45) is 2.61. The van der Waals surface area contributed by atoms with Gasteiger partial charge in [-0.2, -0.15) is 0 Å². The number of amides is 2. The van der Waals surface area contributed by atoms with Crippen molar-refractivity contribution < 1.29 is 23.0 Å². The third kappa shape index (κ3) is 4.18. The number of carbonyl (C=O) groups is 1. The van der Waals surface area contributed by atoms with Crippen molar-refractivity contribution >= 4 is 6.03 Å². The highest BCUT2D eigenvalue weighted by Crippen LogP contribution is 2.37. The first-order valence-corrected chi connectivity index (χ1v) is 8.59. The molecule has 6 nitrogen and oxygen atoms in total. The summed E-state index contributed by atoms with van der Waals surface area (Å²) in [5, 5.41) is 2.88. The molecule has 1 aromatic heterocycles. The minimum atomic E-state index is -2.57. The zero-order valence-corrected chi connectivity index (χ0v) is 14.0. The van der Waals surface area contributed by atoms with E-state index in [4.69, 9.17) is 9.47 Å². The molecular weight excluding hydrogens is 332 g/mol. The van der Waals surface area contributed by atoms with Crippen molar-refractivity contribution in [2.75, 3.05) is 26.4 Å². The van der Waals surface area contributed by atoms with Gasteiger partial charge in [0, 0.05) is 43.6 Å². The molecule has 0 saturated carbocycles. The summed E-state index contributed by atoms with van der Waals surface area (Å²) >= 11 is 0. The maximum absolute atomic E-state index is 12.7. The average Bonchev–Trinajstić information content (AvgIpc) is 3.02. The van der Waals surface area contributed by atoms with Crippen LogP contribution in [-0.2, 0) is 11.3 Å². The maximum Gasteiger partial charge on any atom is 0.318 e. The second kappa shape index (κ2) is 7.95. The predicted molar refractivity (Wildman–Crippen MR) is 86.7 cm³/mol. The first kappa shape index (κ1) is 17.8. The smallest absolute Gasteiger partial charge is 0.318 e. The lowest BCUT2D eigenvalue weighted by Crippen LogP contribution is -2.53. The Bertz CT molecular complexity index is 594. The number of rotatable bonds is 5. The van der Waals surface area contributed by atoms with Crippen molar-refractivity contribution in [2.45, 2.75) is 44.2 Å². The maximum atomic E-state index is 12.7. The Morgan fingerprint density at radius 2 is 2.20 bits per heavy atom. The molecule has 0 radical (unpaired) electrons. The number of halogens is 2. The van der Waals surface area contributed by atoms with Crippen LogP contribution < -0.4 is 10.1 Å². The van der Waals surface area contributed by atoms with Gasteiger partial charge in [-0.25, -0.2) is 18.6 Å². The van der Waals surface area contributed by atoms with Gasteiger partial charge >= 0.3 is 6.03 Å². The quantitative estimate of drug-likeness (QED) is 0.882. The fourth-order valence-corrected chi connectivity index (χ4v) is 3.62. The van der Waals surface area contributed by atoms with Gasteiger partial charge in [0.2, 0.25) is 5.88 Å². The predicted octanol–water partition coefficient (Wildman–Crippen LogP) is 2.58. The van der Waals surface area contributed by atoms with Crippen LogP contribution in [-0.4, -0.2) is 54.2 Å². The molecule has 2 fully saturated rings. The highest BCUT2D eigenvalue weighted by molar-refractivity contribution is 5.75. The summed E-state index contributed by atoms with van der Waals surface area (Å²) in [6, 6.07) is 3.26. The molecule has 3 heterocycles. The normalized spacial score (nSPS) is 19.4. The zero-order valence-electron chi connectivity index (χ0n) is 14.0. The van der Waals surface area contributed by atoms with E-state index in [0.29, 0.717) is 18.8 Å². The molecule has 1 N–H and O–H groups in total. The molecule has 0 atom stereocenters. The number of carbonyl (C=O) groups excluding carboxylic acids is 1. The van der Waals surface area contributed by atoms with Gasteiger partial charge in [-0.15, -0.1) is 0 Å². The zero-order chi connectivity index (χ0) is 17.7. The number of alkyl halides is 2. The van der Waals surface area contributed by atoms with Gasteiger partial charge in [0.25, 0.3) is 6.43 Å². The minimum absolute atomic E-state index is 0.105. The van der Waals surface area contributed by atoms with Gasteiger partial charge < -0.3 is 19.7 Å². The van der Waals surface area contributed by atoms with Crippen LogP contribution in [0.3, 0.4) is 0 Å². The van der Waals surface area contributed by atoms with Crippen LogP contribution >= 0.6 is 0 Å². The molecular formula is C17H23F2N3O3. The largest absolute Gasteiger partial charge is 0.471 e.